The van der Waals surface area contributed by atoms with E-state index in [0.717, 1.165) is 11.8 Å². The smallest absolute Gasteiger partial charge is 0.255 e. The number of hydrogen-bond donors (Lipinski definition) is 2. The third-order valence-electron chi connectivity index (χ3n) is 5.27. The second kappa shape index (κ2) is 10.6. The van der Waals surface area contributed by atoms with Crippen molar-refractivity contribution < 1.29 is 36.9 Å². The highest BCUT2D eigenvalue weighted by atomic mass is 32.2. The Hall–Kier alpha value is -4.12. The largest absolute Gasteiger partial charge is 0.497 e. The average Bonchev–Trinajstić information content (AvgIpc) is 3.34. The molecule has 0 saturated heterocycles. The van der Waals surface area contributed by atoms with Gasteiger partial charge in [-0.1, -0.05) is 0 Å². The second-order valence-electron chi connectivity index (χ2n) is 7.95. The van der Waals surface area contributed by atoms with E-state index in [4.69, 9.17) is 23.7 Å². The Morgan fingerprint density at radius 1 is 0.944 bits per heavy atom. The summed E-state index contributed by atoms with van der Waals surface area (Å²) in [5.74, 6) is 2.02. The van der Waals surface area contributed by atoms with Gasteiger partial charge in [-0.05, 0) is 48.5 Å². The summed E-state index contributed by atoms with van der Waals surface area (Å²) in [5.41, 5.74) is 2.02. The molecular weight excluding hydrogens is 488 g/mol. The van der Waals surface area contributed by atoms with Gasteiger partial charge in [-0.2, -0.15) is 0 Å². The minimum absolute atomic E-state index is 0.105. The number of sulfone groups is 1. The van der Waals surface area contributed by atoms with E-state index in [9.17, 15) is 13.2 Å². The molecule has 0 aromatic heterocycles. The summed E-state index contributed by atoms with van der Waals surface area (Å²) in [6.07, 6.45) is 1.13. The molecule has 10 nitrogen and oxygen atoms in total. The molecule has 190 valence electrons. The fourth-order valence-corrected chi connectivity index (χ4v) is 3.88. The molecule has 0 atom stereocenters. The van der Waals surface area contributed by atoms with Crippen LogP contribution in [0.4, 0.5) is 11.4 Å². The van der Waals surface area contributed by atoms with Gasteiger partial charge in [-0.25, -0.2) is 8.42 Å². The summed E-state index contributed by atoms with van der Waals surface area (Å²) in [4.78, 5) is 12.8. The fraction of sp³-hybridized carbons (Fsp3) is 0.240. The number of ether oxygens (including phenoxy) is 5. The first kappa shape index (κ1) is 25.0. The van der Waals surface area contributed by atoms with Crippen molar-refractivity contribution in [3.63, 3.8) is 0 Å². The van der Waals surface area contributed by atoms with E-state index in [0.29, 0.717) is 45.7 Å². The Labute approximate surface area is 209 Å². The minimum Gasteiger partial charge on any atom is -0.497 e. The summed E-state index contributed by atoms with van der Waals surface area (Å²) >= 11 is 0. The van der Waals surface area contributed by atoms with E-state index in [2.05, 4.69) is 10.6 Å². The molecule has 3 aromatic carbocycles. The maximum absolute atomic E-state index is 12.8. The van der Waals surface area contributed by atoms with Crippen molar-refractivity contribution in [3.05, 3.63) is 65.7 Å². The van der Waals surface area contributed by atoms with Crippen LogP contribution in [0.25, 0.3) is 0 Å². The van der Waals surface area contributed by atoms with Crippen molar-refractivity contribution in [1.82, 2.24) is 0 Å². The topological polar surface area (TPSA) is 121 Å². The highest BCUT2D eigenvalue weighted by Crippen LogP contribution is 2.34. The molecule has 0 spiro atoms. The van der Waals surface area contributed by atoms with Crippen molar-refractivity contribution in [2.45, 2.75) is 6.61 Å². The van der Waals surface area contributed by atoms with Gasteiger partial charge in [0.25, 0.3) is 5.91 Å². The van der Waals surface area contributed by atoms with Gasteiger partial charge in [-0.15, -0.1) is 0 Å². The van der Waals surface area contributed by atoms with Crippen LogP contribution < -0.4 is 34.3 Å². The summed E-state index contributed by atoms with van der Waals surface area (Å²) in [7, 11) is -0.177. The number of benzene rings is 3. The van der Waals surface area contributed by atoms with Gasteiger partial charge in [0.2, 0.25) is 6.79 Å². The zero-order chi connectivity index (χ0) is 25.7. The summed E-state index contributed by atoms with van der Waals surface area (Å²) in [5, 5.41) is 5.69. The Balaban J connectivity index is 1.57. The van der Waals surface area contributed by atoms with Crippen molar-refractivity contribution in [3.8, 4) is 28.7 Å². The minimum atomic E-state index is -3.29. The molecule has 1 aliphatic heterocycles. The van der Waals surface area contributed by atoms with Crippen LogP contribution in [0.5, 0.6) is 28.7 Å². The van der Waals surface area contributed by atoms with Crippen LogP contribution in [0.1, 0.15) is 15.9 Å². The van der Waals surface area contributed by atoms with Crippen molar-refractivity contribution in [1.29, 1.82) is 0 Å². The van der Waals surface area contributed by atoms with E-state index in [-0.39, 0.29) is 25.2 Å². The molecule has 36 heavy (non-hydrogen) atoms. The van der Waals surface area contributed by atoms with Crippen LogP contribution in [-0.4, -0.2) is 47.5 Å². The lowest BCUT2D eigenvalue weighted by atomic mass is 10.1. The number of anilines is 2. The Kier molecular flexibility index (Phi) is 7.39. The molecule has 0 unspecified atom stereocenters. The zero-order valence-corrected chi connectivity index (χ0v) is 20.8. The number of fused-ring (bicyclic) bond motifs is 1. The highest BCUT2D eigenvalue weighted by Gasteiger charge is 2.17. The molecule has 4 rings (SSSR count). The van der Waals surface area contributed by atoms with Crippen molar-refractivity contribution >= 4 is 27.1 Å². The van der Waals surface area contributed by atoms with Crippen molar-refractivity contribution in [2.24, 2.45) is 0 Å². The monoisotopic (exact) mass is 514 g/mol. The number of amides is 1. The van der Waals surface area contributed by atoms with Gasteiger partial charge in [-0.3, -0.25) is 4.79 Å². The maximum Gasteiger partial charge on any atom is 0.255 e. The number of nitrogens with one attached hydrogen (secondary N) is 2. The van der Waals surface area contributed by atoms with Gasteiger partial charge in [0.1, 0.15) is 29.7 Å². The van der Waals surface area contributed by atoms with Gasteiger partial charge >= 0.3 is 0 Å². The van der Waals surface area contributed by atoms with E-state index >= 15 is 0 Å². The first-order valence-corrected chi connectivity index (χ1v) is 12.9. The number of methoxy groups -OCH3 is 2. The van der Waals surface area contributed by atoms with Gasteiger partial charge < -0.3 is 34.3 Å². The Morgan fingerprint density at radius 3 is 2.50 bits per heavy atom. The van der Waals surface area contributed by atoms with Crippen LogP contribution >= 0.6 is 0 Å². The molecule has 0 fully saturated rings. The van der Waals surface area contributed by atoms with Gasteiger partial charge in [0.05, 0.1) is 19.9 Å². The third-order valence-corrected chi connectivity index (χ3v) is 5.94. The molecule has 1 amide bonds. The molecule has 0 radical (unpaired) electrons. The normalized spacial score (nSPS) is 12.1. The SMILES string of the molecule is COc1ccc(OC)c(COc2cc(NC(=O)c3ccc4c(c3)OCO4)ccc2NCS(C)(=O)=O)c1. The quantitative estimate of drug-likeness (QED) is 0.417. The molecule has 1 heterocycles. The van der Waals surface area contributed by atoms with Crippen LogP contribution in [0, 0.1) is 0 Å². The lowest BCUT2D eigenvalue weighted by Gasteiger charge is -2.16. The summed E-state index contributed by atoms with van der Waals surface area (Å²) in [6.45, 7) is 0.217. The number of carbonyl (C=O) groups excluding carboxylic acids is 1. The first-order valence-electron chi connectivity index (χ1n) is 10.9. The first-order chi connectivity index (χ1) is 17.3. The summed E-state index contributed by atoms with van der Waals surface area (Å²) < 4.78 is 50.7. The lowest BCUT2D eigenvalue weighted by Crippen LogP contribution is -2.14. The molecule has 3 aromatic rings. The molecule has 0 saturated carbocycles. The third kappa shape index (κ3) is 6.11. The molecule has 0 aliphatic carbocycles. The van der Waals surface area contributed by atoms with Crippen LogP contribution in [0.3, 0.4) is 0 Å². The highest BCUT2D eigenvalue weighted by molar-refractivity contribution is 7.90. The van der Waals surface area contributed by atoms with Gasteiger partial charge in [0, 0.05) is 29.1 Å². The van der Waals surface area contributed by atoms with E-state index in [1.54, 1.807) is 68.8 Å². The number of hydrogen-bond acceptors (Lipinski definition) is 9. The molecule has 0 bridgehead atoms. The van der Waals surface area contributed by atoms with Crippen LogP contribution in [0.15, 0.2) is 54.6 Å². The molecule has 2 N–H and O–H groups in total. The summed E-state index contributed by atoms with van der Waals surface area (Å²) in [6, 6.07) is 15.1. The molecule has 11 heteroatoms. The van der Waals surface area contributed by atoms with E-state index in [1.165, 1.54) is 0 Å². The van der Waals surface area contributed by atoms with Crippen LogP contribution in [0.2, 0.25) is 0 Å². The Bertz CT molecular complexity index is 1370. The molecule has 1 aliphatic rings. The van der Waals surface area contributed by atoms with Crippen LogP contribution in [-0.2, 0) is 16.4 Å². The second-order valence-corrected chi connectivity index (χ2v) is 10.1. The predicted molar refractivity (Wildman–Crippen MR) is 134 cm³/mol. The van der Waals surface area contributed by atoms with Gasteiger partial charge in [0.15, 0.2) is 21.3 Å². The van der Waals surface area contributed by atoms with E-state index < -0.39 is 9.84 Å². The van der Waals surface area contributed by atoms with E-state index in [1.807, 2.05) is 0 Å². The fourth-order valence-electron chi connectivity index (χ4n) is 3.47. The average molecular weight is 515 g/mol. The number of carbonyl (C=O) groups is 1. The van der Waals surface area contributed by atoms with Crippen molar-refractivity contribution in [2.75, 3.05) is 43.8 Å². The maximum atomic E-state index is 12.8. The Morgan fingerprint density at radius 2 is 1.75 bits per heavy atom. The predicted octanol–water partition coefficient (Wildman–Crippen LogP) is 3.68. The lowest BCUT2D eigenvalue weighted by molar-refractivity contribution is 0.102. The zero-order valence-electron chi connectivity index (χ0n) is 20.0. The standard InChI is InChI=1S/C25H26N2O8S/c1-31-19-6-9-21(32-2)17(10-19)13-33-23-12-18(5-7-20(23)26-14-36(3,29)30)27-25(28)16-4-8-22-24(11-16)35-15-34-22/h4-12,26H,13-15H2,1-3H3,(H,27,28). The number of rotatable bonds is 10. The molecular formula is C25H26N2O8S.